The molecule has 9 nitrogen and oxygen atoms in total. The molecule has 1 saturated heterocycles. The van der Waals surface area contributed by atoms with Crippen molar-refractivity contribution < 1.29 is 28.0 Å². The lowest BCUT2D eigenvalue weighted by Gasteiger charge is -2.45. The molecule has 4 rings (SSSR count). The Hall–Kier alpha value is -2.98. The summed E-state index contributed by atoms with van der Waals surface area (Å²) in [5.41, 5.74) is -0.764. The van der Waals surface area contributed by atoms with Crippen LogP contribution in [-0.2, 0) is 14.6 Å². The predicted octanol–water partition coefficient (Wildman–Crippen LogP) is 2.62. The van der Waals surface area contributed by atoms with Crippen LogP contribution in [0.15, 0.2) is 52.3 Å². The molecule has 10 heteroatoms. The summed E-state index contributed by atoms with van der Waals surface area (Å²) in [4.78, 5) is 24.1. The van der Waals surface area contributed by atoms with Crippen molar-refractivity contribution in [2.45, 2.75) is 54.2 Å². The summed E-state index contributed by atoms with van der Waals surface area (Å²) in [5.74, 6) is 0.305. The van der Waals surface area contributed by atoms with Crippen molar-refractivity contribution in [1.29, 1.82) is 0 Å². The van der Waals surface area contributed by atoms with Gasteiger partial charge in [0.15, 0.2) is 0 Å². The second kappa shape index (κ2) is 7.31. The first-order valence-electron chi connectivity index (χ1n) is 9.82. The molecule has 0 unspecified atom stereocenters. The van der Waals surface area contributed by atoms with Crippen LogP contribution in [0.25, 0.3) is 0 Å². The third-order valence-electron chi connectivity index (χ3n) is 5.80. The maximum atomic E-state index is 13.1. The normalized spacial score (nSPS) is 22.7. The lowest BCUT2D eigenvalue weighted by atomic mass is 9.85. The van der Waals surface area contributed by atoms with Gasteiger partial charge in [0.25, 0.3) is 5.69 Å². The standard InChI is InChI=1S/C21H22N2O7S/c1-21(2)20(25)19(22-11-3-4-18(22)24)16-12-15(9-10-17(16)30-21)31(28,29)14-7-5-13(6-8-14)23(26)27/h5-10,12,19-20,25H,3-4,11H2,1-2H3/t19-,20+/m0/s1. The molecule has 2 aromatic carbocycles. The van der Waals surface area contributed by atoms with Gasteiger partial charge in [-0.2, -0.15) is 0 Å². The van der Waals surface area contributed by atoms with E-state index in [1.165, 1.54) is 30.3 Å². The van der Waals surface area contributed by atoms with E-state index < -0.39 is 32.5 Å². The highest BCUT2D eigenvalue weighted by atomic mass is 32.2. The van der Waals surface area contributed by atoms with Gasteiger partial charge in [-0.1, -0.05) is 0 Å². The molecule has 1 N–H and O–H groups in total. The van der Waals surface area contributed by atoms with Gasteiger partial charge in [0.05, 0.1) is 20.8 Å². The number of hydrogen-bond acceptors (Lipinski definition) is 7. The maximum absolute atomic E-state index is 13.1. The van der Waals surface area contributed by atoms with Crippen molar-refractivity contribution >= 4 is 21.4 Å². The first-order chi connectivity index (χ1) is 14.5. The van der Waals surface area contributed by atoms with Crippen LogP contribution in [0.5, 0.6) is 5.75 Å². The van der Waals surface area contributed by atoms with E-state index in [9.17, 15) is 28.4 Å². The number of aliphatic hydroxyl groups is 1. The van der Waals surface area contributed by atoms with E-state index in [4.69, 9.17) is 4.74 Å². The first-order valence-corrected chi connectivity index (χ1v) is 11.3. The third kappa shape index (κ3) is 3.55. The lowest BCUT2D eigenvalue weighted by Crippen LogP contribution is -2.53. The van der Waals surface area contributed by atoms with Crippen molar-refractivity contribution in [3.8, 4) is 5.75 Å². The van der Waals surface area contributed by atoms with E-state index >= 15 is 0 Å². The molecule has 31 heavy (non-hydrogen) atoms. The van der Waals surface area contributed by atoms with E-state index in [-0.39, 0.29) is 21.4 Å². The number of ether oxygens (including phenoxy) is 1. The topological polar surface area (TPSA) is 127 Å². The summed E-state index contributed by atoms with van der Waals surface area (Å²) in [6.07, 6.45) is -0.0144. The maximum Gasteiger partial charge on any atom is 0.269 e. The highest BCUT2D eigenvalue weighted by molar-refractivity contribution is 7.91. The molecule has 164 valence electrons. The van der Waals surface area contributed by atoms with Gasteiger partial charge in [-0.25, -0.2) is 8.42 Å². The van der Waals surface area contributed by atoms with E-state index in [2.05, 4.69) is 0 Å². The fraction of sp³-hybridized carbons (Fsp3) is 0.381. The van der Waals surface area contributed by atoms with Crippen LogP contribution >= 0.6 is 0 Å². The highest BCUT2D eigenvalue weighted by Gasteiger charge is 2.47. The number of nitro benzene ring substituents is 1. The van der Waals surface area contributed by atoms with Crippen LogP contribution in [-0.4, -0.2) is 47.5 Å². The number of carbonyl (C=O) groups excluding carboxylic acids is 1. The van der Waals surface area contributed by atoms with Crippen molar-refractivity contribution in [2.75, 3.05) is 6.54 Å². The number of carbonyl (C=O) groups is 1. The van der Waals surface area contributed by atoms with E-state index in [1.54, 1.807) is 18.7 Å². The Morgan fingerprint density at radius 3 is 2.39 bits per heavy atom. The Bertz CT molecular complexity index is 1160. The minimum atomic E-state index is -3.98. The van der Waals surface area contributed by atoms with Crippen LogP contribution in [0.1, 0.15) is 38.3 Å². The molecule has 0 aromatic heterocycles. The van der Waals surface area contributed by atoms with Gasteiger partial charge in [0, 0.05) is 30.7 Å². The first kappa shape index (κ1) is 21.3. The average Bonchev–Trinajstić information content (AvgIpc) is 3.14. The molecular formula is C21H22N2O7S. The third-order valence-corrected chi connectivity index (χ3v) is 7.57. The van der Waals surface area contributed by atoms with Crippen LogP contribution in [0.2, 0.25) is 0 Å². The molecule has 2 atom stereocenters. The van der Waals surface area contributed by atoms with Crippen LogP contribution < -0.4 is 4.74 Å². The molecule has 0 bridgehead atoms. The molecule has 2 aliphatic heterocycles. The van der Waals surface area contributed by atoms with Crippen LogP contribution in [0, 0.1) is 10.1 Å². The van der Waals surface area contributed by atoms with Gasteiger partial charge in [-0.15, -0.1) is 0 Å². The fourth-order valence-corrected chi connectivity index (χ4v) is 5.39. The Morgan fingerprint density at radius 2 is 1.81 bits per heavy atom. The van der Waals surface area contributed by atoms with Crippen molar-refractivity contribution in [1.82, 2.24) is 4.90 Å². The minimum Gasteiger partial charge on any atom is -0.485 e. The van der Waals surface area contributed by atoms with Gasteiger partial charge >= 0.3 is 0 Å². The van der Waals surface area contributed by atoms with Gasteiger partial charge < -0.3 is 14.7 Å². The Kier molecular flexibility index (Phi) is 5.01. The molecule has 1 amide bonds. The SMILES string of the molecule is CC1(C)Oc2ccc(S(=O)(=O)c3ccc([N+](=O)[O-])cc3)cc2[C@H](N2CCCC2=O)[C@H]1O. The quantitative estimate of drug-likeness (QED) is 0.565. The molecule has 0 spiro atoms. The molecule has 0 saturated carbocycles. The zero-order valence-electron chi connectivity index (χ0n) is 17.0. The number of amides is 1. The summed E-state index contributed by atoms with van der Waals surface area (Å²) in [6.45, 7) is 3.90. The number of sulfone groups is 1. The van der Waals surface area contributed by atoms with Gasteiger partial charge in [-0.3, -0.25) is 14.9 Å². The van der Waals surface area contributed by atoms with Gasteiger partial charge in [-0.05, 0) is 50.6 Å². The van der Waals surface area contributed by atoms with Gasteiger partial charge in [0.1, 0.15) is 17.5 Å². The van der Waals surface area contributed by atoms with E-state index in [0.717, 1.165) is 12.1 Å². The van der Waals surface area contributed by atoms with Crippen molar-refractivity contribution in [2.24, 2.45) is 0 Å². The lowest BCUT2D eigenvalue weighted by molar-refractivity contribution is -0.384. The second-order valence-electron chi connectivity index (χ2n) is 8.24. The fourth-order valence-electron chi connectivity index (χ4n) is 4.10. The summed E-state index contributed by atoms with van der Waals surface area (Å²) in [5, 5.41) is 21.8. The summed E-state index contributed by atoms with van der Waals surface area (Å²) in [7, 11) is -3.98. The van der Waals surface area contributed by atoms with Crippen molar-refractivity contribution in [3.05, 3.63) is 58.1 Å². The number of hydrogen-bond donors (Lipinski definition) is 1. The molecule has 0 radical (unpaired) electrons. The number of non-ortho nitro benzene ring substituents is 1. The number of likely N-dealkylation sites (tertiary alicyclic amines) is 1. The molecule has 1 fully saturated rings. The van der Waals surface area contributed by atoms with E-state index in [1.807, 2.05) is 0 Å². The second-order valence-corrected chi connectivity index (χ2v) is 10.2. The predicted molar refractivity (Wildman–Crippen MR) is 109 cm³/mol. The molecule has 2 aliphatic rings. The number of aliphatic hydroxyl groups excluding tert-OH is 1. The van der Waals surface area contributed by atoms with Gasteiger partial charge in [0.2, 0.25) is 15.7 Å². The number of rotatable bonds is 4. The molecule has 2 aromatic rings. The number of benzene rings is 2. The van der Waals surface area contributed by atoms with Crippen LogP contribution in [0.4, 0.5) is 5.69 Å². The summed E-state index contributed by atoms with van der Waals surface area (Å²) < 4.78 is 32.2. The Labute approximate surface area is 179 Å². The monoisotopic (exact) mass is 446 g/mol. The number of nitrogens with zero attached hydrogens (tertiary/aromatic N) is 2. The zero-order valence-corrected chi connectivity index (χ0v) is 17.8. The minimum absolute atomic E-state index is 0.0488. The summed E-state index contributed by atoms with van der Waals surface area (Å²) >= 11 is 0. The molecular weight excluding hydrogens is 424 g/mol. The smallest absolute Gasteiger partial charge is 0.269 e. The number of nitro groups is 1. The summed E-state index contributed by atoms with van der Waals surface area (Å²) in [6, 6.07) is 8.23. The molecule has 0 aliphatic carbocycles. The number of fused-ring (bicyclic) bond motifs is 1. The Morgan fingerprint density at radius 1 is 1.16 bits per heavy atom. The zero-order chi connectivity index (χ0) is 22.6. The largest absolute Gasteiger partial charge is 0.485 e. The average molecular weight is 446 g/mol. The van der Waals surface area contributed by atoms with Crippen molar-refractivity contribution in [3.63, 3.8) is 0 Å². The highest BCUT2D eigenvalue weighted by Crippen LogP contribution is 2.45. The molecule has 2 heterocycles. The Balaban J connectivity index is 1.80. The van der Waals surface area contributed by atoms with Crippen LogP contribution in [0.3, 0.4) is 0 Å². The van der Waals surface area contributed by atoms with E-state index in [0.29, 0.717) is 30.7 Å².